The maximum Gasteiger partial charge on any atom is 0.408 e. The predicted molar refractivity (Wildman–Crippen MR) is 79.4 cm³/mol. The zero-order chi connectivity index (χ0) is 17.7. The van der Waals surface area contributed by atoms with Crippen molar-refractivity contribution in [2.45, 2.75) is 32.4 Å². The van der Waals surface area contributed by atoms with E-state index in [1.807, 2.05) is 0 Å². The largest absolute Gasteiger partial charge is 0.481 e. The summed E-state index contributed by atoms with van der Waals surface area (Å²) in [6.07, 6.45) is -3.06. The minimum Gasteiger partial charge on any atom is -0.481 e. The molecule has 24 heavy (non-hydrogen) atoms. The highest BCUT2D eigenvalue weighted by Crippen LogP contribution is 2.19. The molecule has 6 nitrogen and oxygen atoms in total. The molecule has 1 heterocycles. The number of nitrogens with zero attached hydrogens (tertiary/aromatic N) is 2. The fourth-order valence-electron chi connectivity index (χ4n) is 1.92. The first-order chi connectivity index (χ1) is 11.3. The molecular formula is C15H16F3N3O3. The van der Waals surface area contributed by atoms with Crippen molar-refractivity contribution in [3.63, 3.8) is 0 Å². The molecule has 1 amide bonds. The Bertz CT molecular complexity index is 701. The van der Waals surface area contributed by atoms with E-state index in [0.29, 0.717) is 16.0 Å². The summed E-state index contributed by atoms with van der Waals surface area (Å²) in [5.74, 6) is -0.132. The molecule has 2 aromatic rings. The quantitative estimate of drug-likeness (QED) is 0.844. The number of aliphatic hydroxyl groups is 1. The number of carbonyl (C=O) groups is 1. The smallest absolute Gasteiger partial charge is 0.408 e. The number of alkyl halides is 3. The molecule has 0 bridgehead atoms. The number of rotatable bonds is 6. The van der Waals surface area contributed by atoms with E-state index in [-0.39, 0.29) is 12.3 Å². The van der Waals surface area contributed by atoms with Crippen LogP contribution in [0.2, 0.25) is 0 Å². The molecule has 0 aliphatic heterocycles. The minimum absolute atomic E-state index is 0.142. The average molecular weight is 343 g/mol. The summed E-state index contributed by atoms with van der Waals surface area (Å²) in [7, 11) is 0. The number of aromatic nitrogens is 2. The summed E-state index contributed by atoms with van der Waals surface area (Å²) in [5.41, 5.74) is 0.775. The van der Waals surface area contributed by atoms with Gasteiger partial charge in [-0.1, -0.05) is 12.1 Å². The van der Waals surface area contributed by atoms with Gasteiger partial charge in [-0.2, -0.15) is 18.3 Å². The van der Waals surface area contributed by atoms with Crippen LogP contribution in [0, 0.1) is 0 Å². The van der Waals surface area contributed by atoms with Crippen molar-refractivity contribution in [3.05, 3.63) is 42.2 Å². The second-order valence-corrected chi connectivity index (χ2v) is 5.10. The van der Waals surface area contributed by atoms with E-state index in [2.05, 4.69) is 10.4 Å². The van der Waals surface area contributed by atoms with Crippen LogP contribution in [0.3, 0.4) is 0 Å². The van der Waals surface area contributed by atoms with Gasteiger partial charge in [0.2, 0.25) is 0 Å². The number of amides is 1. The summed E-state index contributed by atoms with van der Waals surface area (Å²) >= 11 is 0. The van der Waals surface area contributed by atoms with Crippen molar-refractivity contribution < 1.29 is 27.8 Å². The number of nitrogens with one attached hydrogen (secondary N) is 1. The van der Waals surface area contributed by atoms with Crippen LogP contribution in [0.1, 0.15) is 12.5 Å². The van der Waals surface area contributed by atoms with Crippen LogP contribution in [0.25, 0.3) is 0 Å². The van der Waals surface area contributed by atoms with Gasteiger partial charge in [-0.3, -0.25) is 9.48 Å². The summed E-state index contributed by atoms with van der Waals surface area (Å²) in [6, 6.07) is 6.59. The average Bonchev–Trinajstić information content (AvgIpc) is 2.92. The van der Waals surface area contributed by atoms with Crippen LogP contribution >= 0.6 is 0 Å². The van der Waals surface area contributed by atoms with Gasteiger partial charge in [-0.05, 0) is 24.6 Å². The van der Waals surface area contributed by atoms with E-state index in [9.17, 15) is 18.0 Å². The number of benzene rings is 1. The molecule has 1 atom stereocenters. The Balaban J connectivity index is 1.94. The molecule has 130 valence electrons. The van der Waals surface area contributed by atoms with Crippen molar-refractivity contribution in [1.29, 1.82) is 0 Å². The molecule has 2 N–H and O–H groups in total. The van der Waals surface area contributed by atoms with Crippen LogP contribution in [-0.4, -0.2) is 33.1 Å². The van der Waals surface area contributed by atoms with Crippen LogP contribution in [0.15, 0.2) is 36.7 Å². The zero-order valence-electron chi connectivity index (χ0n) is 12.7. The van der Waals surface area contributed by atoms with Gasteiger partial charge in [0.05, 0.1) is 18.5 Å². The summed E-state index contributed by atoms with van der Waals surface area (Å²) in [4.78, 5) is 12.0. The number of ether oxygens (including phenoxy) is 1. The number of aliphatic hydroxyl groups excluding tert-OH is 1. The second-order valence-electron chi connectivity index (χ2n) is 5.10. The molecule has 0 aliphatic rings. The van der Waals surface area contributed by atoms with Crippen molar-refractivity contribution in [3.8, 4) is 5.75 Å². The fourth-order valence-corrected chi connectivity index (χ4v) is 1.92. The van der Waals surface area contributed by atoms with Gasteiger partial charge < -0.3 is 15.2 Å². The molecule has 0 spiro atoms. The Morgan fingerprint density at radius 2 is 2.21 bits per heavy atom. The lowest BCUT2D eigenvalue weighted by molar-refractivity contribution is -0.142. The molecule has 0 radical (unpaired) electrons. The van der Waals surface area contributed by atoms with E-state index < -0.39 is 24.7 Å². The molecule has 1 aromatic heterocycles. The first kappa shape index (κ1) is 17.8. The molecule has 0 saturated carbocycles. The number of hydrogen-bond donors (Lipinski definition) is 2. The summed E-state index contributed by atoms with van der Waals surface area (Å²) in [5, 5.41) is 15.0. The lowest BCUT2D eigenvalue weighted by Crippen LogP contribution is -2.30. The van der Waals surface area contributed by atoms with Gasteiger partial charge in [0, 0.05) is 6.20 Å². The monoisotopic (exact) mass is 343 g/mol. The van der Waals surface area contributed by atoms with E-state index in [4.69, 9.17) is 9.84 Å². The van der Waals surface area contributed by atoms with Crippen molar-refractivity contribution in [2.75, 3.05) is 5.32 Å². The first-order valence-corrected chi connectivity index (χ1v) is 7.03. The standard InChI is InChI=1S/C15H16F3N3O3/c1-10(24-13-4-2-3-11(5-13)8-22)14(23)20-12-6-19-21(7-12)9-15(16,17)18/h2-7,10,22H,8-9H2,1H3,(H,20,23). The third kappa shape index (κ3) is 5.27. The lowest BCUT2D eigenvalue weighted by Gasteiger charge is -2.14. The van der Waals surface area contributed by atoms with Gasteiger partial charge in [-0.25, -0.2) is 0 Å². The van der Waals surface area contributed by atoms with Gasteiger partial charge in [-0.15, -0.1) is 0 Å². The van der Waals surface area contributed by atoms with E-state index in [0.717, 1.165) is 12.4 Å². The normalized spacial score (nSPS) is 12.7. The number of anilines is 1. The highest BCUT2D eigenvalue weighted by atomic mass is 19.4. The fraction of sp³-hybridized carbons (Fsp3) is 0.333. The van der Waals surface area contributed by atoms with Crippen molar-refractivity contribution >= 4 is 11.6 Å². The predicted octanol–water partition coefficient (Wildman–Crippen LogP) is 2.34. The minimum atomic E-state index is -4.39. The molecule has 0 fully saturated rings. The highest BCUT2D eigenvalue weighted by Gasteiger charge is 2.28. The third-order valence-electron chi connectivity index (χ3n) is 3.01. The third-order valence-corrected chi connectivity index (χ3v) is 3.01. The van der Waals surface area contributed by atoms with Crippen LogP contribution < -0.4 is 10.1 Å². The molecule has 9 heteroatoms. The maximum atomic E-state index is 12.3. The number of carbonyl (C=O) groups excluding carboxylic acids is 1. The highest BCUT2D eigenvalue weighted by molar-refractivity contribution is 5.93. The topological polar surface area (TPSA) is 76.4 Å². The Morgan fingerprint density at radius 1 is 1.46 bits per heavy atom. The van der Waals surface area contributed by atoms with E-state index >= 15 is 0 Å². The van der Waals surface area contributed by atoms with E-state index in [1.165, 1.54) is 6.92 Å². The van der Waals surface area contributed by atoms with Crippen molar-refractivity contribution in [1.82, 2.24) is 9.78 Å². The lowest BCUT2D eigenvalue weighted by atomic mass is 10.2. The van der Waals surface area contributed by atoms with Crippen LogP contribution in [0.5, 0.6) is 5.75 Å². The second kappa shape index (κ2) is 7.35. The van der Waals surface area contributed by atoms with Crippen LogP contribution in [0.4, 0.5) is 18.9 Å². The SMILES string of the molecule is CC(Oc1cccc(CO)c1)C(=O)Nc1cnn(CC(F)(F)F)c1. The summed E-state index contributed by atoms with van der Waals surface area (Å²) in [6.45, 7) is 0.111. The number of halogens is 3. The van der Waals surface area contributed by atoms with Gasteiger partial charge >= 0.3 is 6.18 Å². The van der Waals surface area contributed by atoms with Gasteiger partial charge in [0.1, 0.15) is 12.3 Å². The van der Waals surface area contributed by atoms with Gasteiger partial charge in [0.15, 0.2) is 6.10 Å². The Labute approximate surface area is 135 Å². The van der Waals surface area contributed by atoms with Crippen molar-refractivity contribution in [2.24, 2.45) is 0 Å². The molecule has 2 rings (SSSR count). The zero-order valence-corrected chi connectivity index (χ0v) is 12.7. The Hall–Kier alpha value is -2.55. The first-order valence-electron chi connectivity index (χ1n) is 7.03. The molecular weight excluding hydrogens is 327 g/mol. The maximum absolute atomic E-state index is 12.3. The van der Waals surface area contributed by atoms with E-state index in [1.54, 1.807) is 24.3 Å². The molecule has 0 saturated heterocycles. The molecule has 0 aliphatic carbocycles. The Morgan fingerprint density at radius 3 is 2.88 bits per heavy atom. The number of hydrogen-bond acceptors (Lipinski definition) is 4. The molecule has 1 aromatic carbocycles. The Kier molecular flexibility index (Phi) is 5.45. The molecule has 1 unspecified atom stereocenters. The summed E-state index contributed by atoms with van der Waals surface area (Å²) < 4.78 is 42.9. The van der Waals surface area contributed by atoms with Crippen LogP contribution in [-0.2, 0) is 17.9 Å². The van der Waals surface area contributed by atoms with Gasteiger partial charge in [0.25, 0.3) is 5.91 Å².